The Morgan fingerprint density at radius 1 is 0.955 bits per heavy atom. The zero-order valence-electron chi connectivity index (χ0n) is 11.8. The molecule has 0 radical (unpaired) electrons. The van der Waals surface area contributed by atoms with Crippen LogP contribution in [0.4, 0.5) is 14.5 Å². The van der Waals surface area contributed by atoms with Gasteiger partial charge in [-0.25, -0.2) is 13.8 Å². The van der Waals surface area contributed by atoms with E-state index in [0.717, 1.165) is 11.3 Å². The molecule has 0 aliphatic carbocycles. The van der Waals surface area contributed by atoms with E-state index in [-0.39, 0.29) is 17.7 Å². The average molecular weight is 299 g/mol. The van der Waals surface area contributed by atoms with Crippen LogP contribution < -0.4 is 5.32 Å². The lowest BCUT2D eigenvalue weighted by molar-refractivity contribution is 0.599. The molecule has 0 amide bonds. The molecule has 1 unspecified atom stereocenters. The molecule has 0 bridgehead atoms. The summed E-state index contributed by atoms with van der Waals surface area (Å²) in [5.74, 6) is -0.551. The summed E-state index contributed by atoms with van der Waals surface area (Å²) in [6.45, 7) is 0.628. The van der Waals surface area contributed by atoms with Crippen molar-refractivity contribution in [1.82, 2.24) is 9.55 Å². The average Bonchev–Trinajstić information content (AvgIpc) is 3.03. The first-order valence-corrected chi connectivity index (χ1v) is 6.94. The minimum atomic E-state index is -0.279. The Hall–Kier alpha value is -2.69. The third kappa shape index (κ3) is 3.49. The fraction of sp³-hybridized carbons (Fsp3) is 0.118. The second-order valence-electron chi connectivity index (χ2n) is 5.01. The molecule has 22 heavy (non-hydrogen) atoms. The molecule has 112 valence electrons. The number of halogens is 2. The molecule has 5 heteroatoms. The van der Waals surface area contributed by atoms with E-state index in [1.807, 2.05) is 10.8 Å². The van der Waals surface area contributed by atoms with Gasteiger partial charge in [0, 0.05) is 24.6 Å². The van der Waals surface area contributed by atoms with Crippen molar-refractivity contribution >= 4 is 5.69 Å². The first-order chi connectivity index (χ1) is 10.7. The van der Waals surface area contributed by atoms with Crippen molar-refractivity contribution in [3.8, 4) is 0 Å². The fourth-order valence-corrected chi connectivity index (χ4v) is 2.28. The Morgan fingerprint density at radius 2 is 1.59 bits per heavy atom. The van der Waals surface area contributed by atoms with E-state index < -0.39 is 0 Å². The van der Waals surface area contributed by atoms with Crippen LogP contribution in [-0.4, -0.2) is 9.55 Å². The van der Waals surface area contributed by atoms with E-state index in [9.17, 15) is 8.78 Å². The van der Waals surface area contributed by atoms with Gasteiger partial charge in [0.25, 0.3) is 0 Å². The maximum absolute atomic E-state index is 13.1. The van der Waals surface area contributed by atoms with Crippen LogP contribution in [0.2, 0.25) is 0 Å². The second-order valence-corrected chi connectivity index (χ2v) is 5.01. The summed E-state index contributed by atoms with van der Waals surface area (Å²) in [6.07, 6.45) is 5.30. The highest BCUT2D eigenvalue weighted by atomic mass is 19.1. The smallest absolute Gasteiger partial charge is 0.123 e. The van der Waals surface area contributed by atoms with Crippen molar-refractivity contribution in [3.63, 3.8) is 0 Å². The topological polar surface area (TPSA) is 29.9 Å². The first kappa shape index (κ1) is 14.3. The van der Waals surface area contributed by atoms with Gasteiger partial charge in [-0.3, -0.25) is 0 Å². The molecule has 2 aromatic carbocycles. The van der Waals surface area contributed by atoms with E-state index in [2.05, 4.69) is 10.3 Å². The lowest BCUT2D eigenvalue weighted by Crippen LogP contribution is -2.17. The third-order valence-corrected chi connectivity index (χ3v) is 3.41. The second kappa shape index (κ2) is 6.39. The molecule has 1 atom stereocenters. The van der Waals surface area contributed by atoms with E-state index in [4.69, 9.17) is 0 Å². The van der Waals surface area contributed by atoms with Crippen LogP contribution in [0.25, 0.3) is 0 Å². The number of benzene rings is 2. The SMILES string of the molecule is Fc1ccc(NC(Cn2ccnc2)c2ccc(F)cc2)cc1. The van der Waals surface area contributed by atoms with Crippen LogP contribution in [0.5, 0.6) is 0 Å². The minimum absolute atomic E-state index is 0.0831. The molecule has 1 aromatic heterocycles. The molecule has 3 rings (SSSR count). The Labute approximate surface area is 127 Å². The minimum Gasteiger partial charge on any atom is -0.376 e. The molecular formula is C17H15F2N3. The number of imidazole rings is 1. The molecule has 1 heterocycles. The molecule has 1 N–H and O–H groups in total. The number of rotatable bonds is 5. The largest absolute Gasteiger partial charge is 0.376 e. The van der Waals surface area contributed by atoms with Crippen molar-refractivity contribution in [2.24, 2.45) is 0 Å². The van der Waals surface area contributed by atoms with Gasteiger partial charge < -0.3 is 9.88 Å². The predicted molar refractivity (Wildman–Crippen MR) is 81.4 cm³/mol. The monoisotopic (exact) mass is 299 g/mol. The Kier molecular flexibility index (Phi) is 4.14. The zero-order valence-corrected chi connectivity index (χ0v) is 11.8. The number of hydrogen-bond acceptors (Lipinski definition) is 2. The molecule has 0 saturated heterocycles. The van der Waals surface area contributed by atoms with Crippen molar-refractivity contribution in [2.45, 2.75) is 12.6 Å². The number of nitrogens with one attached hydrogen (secondary N) is 1. The lowest BCUT2D eigenvalue weighted by atomic mass is 10.1. The van der Waals surface area contributed by atoms with Crippen LogP contribution in [-0.2, 0) is 6.54 Å². The molecule has 0 fully saturated rings. The van der Waals surface area contributed by atoms with Gasteiger partial charge in [0.1, 0.15) is 11.6 Å². The van der Waals surface area contributed by atoms with Gasteiger partial charge in [0.05, 0.1) is 12.4 Å². The van der Waals surface area contributed by atoms with Gasteiger partial charge in [0.2, 0.25) is 0 Å². The number of hydrogen-bond donors (Lipinski definition) is 1. The maximum Gasteiger partial charge on any atom is 0.123 e. The highest BCUT2D eigenvalue weighted by Gasteiger charge is 2.12. The summed E-state index contributed by atoms with van der Waals surface area (Å²) in [5.41, 5.74) is 1.75. The normalized spacial score (nSPS) is 12.1. The van der Waals surface area contributed by atoms with Gasteiger partial charge in [-0.2, -0.15) is 0 Å². The molecule has 0 aliphatic heterocycles. The van der Waals surface area contributed by atoms with Crippen LogP contribution in [0, 0.1) is 11.6 Å². The lowest BCUT2D eigenvalue weighted by Gasteiger charge is -2.21. The zero-order chi connectivity index (χ0) is 15.4. The number of aromatic nitrogens is 2. The van der Waals surface area contributed by atoms with Crippen molar-refractivity contribution in [1.29, 1.82) is 0 Å². The quantitative estimate of drug-likeness (QED) is 0.771. The van der Waals surface area contributed by atoms with E-state index >= 15 is 0 Å². The Bertz CT molecular complexity index is 707. The molecule has 0 saturated carbocycles. The van der Waals surface area contributed by atoms with E-state index in [1.165, 1.54) is 24.3 Å². The Morgan fingerprint density at radius 3 is 2.18 bits per heavy atom. The molecule has 3 aromatic rings. The van der Waals surface area contributed by atoms with Crippen LogP contribution in [0.15, 0.2) is 67.3 Å². The fourth-order valence-electron chi connectivity index (χ4n) is 2.28. The highest BCUT2D eigenvalue weighted by molar-refractivity contribution is 5.45. The van der Waals surface area contributed by atoms with Crippen LogP contribution in [0.3, 0.4) is 0 Å². The standard InChI is InChI=1S/C17H15F2N3/c18-14-3-1-13(2-4-14)17(11-22-10-9-20-12-22)21-16-7-5-15(19)6-8-16/h1-10,12,17,21H,11H2. The van der Waals surface area contributed by atoms with Gasteiger partial charge >= 0.3 is 0 Å². The molecular weight excluding hydrogens is 284 g/mol. The number of nitrogens with zero attached hydrogens (tertiary/aromatic N) is 2. The summed E-state index contributed by atoms with van der Waals surface area (Å²) in [6, 6.07) is 12.4. The van der Waals surface area contributed by atoms with E-state index in [0.29, 0.717) is 6.54 Å². The summed E-state index contributed by atoms with van der Waals surface area (Å²) in [5, 5.41) is 3.34. The summed E-state index contributed by atoms with van der Waals surface area (Å²) in [4.78, 5) is 4.03. The molecule has 3 nitrogen and oxygen atoms in total. The highest BCUT2D eigenvalue weighted by Crippen LogP contribution is 2.22. The maximum atomic E-state index is 13.1. The third-order valence-electron chi connectivity index (χ3n) is 3.41. The van der Waals surface area contributed by atoms with Crippen LogP contribution in [0.1, 0.15) is 11.6 Å². The summed E-state index contributed by atoms with van der Waals surface area (Å²) in [7, 11) is 0. The van der Waals surface area contributed by atoms with Crippen LogP contribution >= 0.6 is 0 Å². The first-order valence-electron chi connectivity index (χ1n) is 6.94. The van der Waals surface area contributed by atoms with Crippen molar-refractivity contribution < 1.29 is 8.78 Å². The van der Waals surface area contributed by atoms with Gasteiger partial charge in [-0.1, -0.05) is 12.1 Å². The van der Waals surface area contributed by atoms with E-state index in [1.54, 1.807) is 36.8 Å². The molecule has 0 aliphatic rings. The summed E-state index contributed by atoms with van der Waals surface area (Å²) < 4.78 is 28.1. The Balaban J connectivity index is 1.84. The number of anilines is 1. The predicted octanol–water partition coefficient (Wildman–Crippen LogP) is 4.01. The van der Waals surface area contributed by atoms with Gasteiger partial charge in [0.15, 0.2) is 0 Å². The summed E-state index contributed by atoms with van der Waals surface area (Å²) >= 11 is 0. The van der Waals surface area contributed by atoms with Crippen molar-refractivity contribution in [2.75, 3.05) is 5.32 Å². The van der Waals surface area contributed by atoms with Gasteiger partial charge in [-0.15, -0.1) is 0 Å². The van der Waals surface area contributed by atoms with Crippen molar-refractivity contribution in [3.05, 3.63) is 84.4 Å². The molecule has 0 spiro atoms. The van der Waals surface area contributed by atoms with Gasteiger partial charge in [-0.05, 0) is 42.0 Å².